The lowest BCUT2D eigenvalue weighted by Crippen LogP contribution is -2.50. The van der Waals surface area contributed by atoms with Gasteiger partial charge in [-0.1, -0.05) is 13.0 Å². The van der Waals surface area contributed by atoms with Crippen LogP contribution in [-0.2, 0) is 4.74 Å². The van der Waals surface area contributed by atoms with Gasteiger partial charge < -0.3 is 19.5 Å². The van der Waals surface area contributed by atoms with E-state index in [9.17, 15) is 0 Å². The molecule has 21 heavy (non-hydrogen) atoms. The normalized spacial score (nSPS) is 17.9. The SMILES string of the molecule is CCCNC(c1ccc(OC)c(OC)c1)C1(OC)CCC1. The molecule has 1 aromatic rings. The predicted molar refractivity (Wildman–Crippen MR) is 84.2 cm³/mol. The molecule has 1 N–H and O–H groups in total. The molecule has 0 radical (unpaired) electrons. The summed E-state index contributed by atoms with van der Waals surface area (Å²) in [5.74, 6) is 1.53. The third-order valence-corrected chi connectivity index (χ3v) is 4.47. The first kappa shape index (κ1) is 16.1. The Morgan fingerprint density at radius 3 is 2.33 bits per heavy atom. The molecule has 1 aromatic carbocycles. The van der Waals surface area contributed by atoms with Crippen LogP contribution in [-0.4, -0.2) is 33.5 Å². The number of nitrogens with one attached hydrogen (secondary N) is 1. The summed E-state index contributed by atoms with van der Waals surface area (Å²) in [6.45, 7) is 3.16. The van der Waals surface area contributed by atoms with Gasteiger partial charge in [0, 0.05) is 7.11 Å². The van der Waals surface area contributed by atoms with Crippen molar-refractivity contribution in [3.8, 4) is 11.5 Å². The Morgan fingerprint density at radius 2 is 1.86 bits per heavy atom. The first-order valence-electron chi connectivity index (χ1n) is 7.71. The standard InChI is InChI=1S/C17H27NO3/c1-5-11-18-16(17(21-4)9-6-10-17)13-7-8-14(19-2)15(12-13)20-3/h7-8,12,16,18H,5-6,9-11H2,1-4H3. The highest BCUT2D eigenvalue weighted by molar-refractivity contribution is 5.44. The summed E-state index contributed by atoms with van der Waals surface area (Å²) in [6.07, 6.45) is 4.52. The average Bonchev–Trinajstić information content (AvgIpc) is 2.49. The van der Waals surface area contributed by atoms with E-state index in [2.05, 4.69) is 24.4 Å². The molecule has 1 unspecified atom stereocenters. The summed E-state index contributed by atoms with van der Waals surface area (Å²) < 4.78 is 16.6. The molecule has 0 amide bonds. The molecule has 0 bridgehead atoms. The zero-order valence-electron chi connectivity index (χ0n) is 13.6. The average molecular weight is 293 g/mol. The van der Waals surface area contributed by atoms with E-state index in [0.717, 1.165) is 37.3 Å². The van der Waals surface area contributed by atoms with Gasteiger partial charge in [-0.15, -0.1) is 0 Å². The second kappa shape index (κ2) is 7.14. The highest BCUT2D eigenvalue weighted by Crippen LogP contribution is 2.46. The highest BCUT2D eigenvalue weighted by atomic mass is 16.5. The van der Waals surface area contributed by atoms with Crippen molar-refractivity contribution in [3.63, 3.8) is 0 Å². The van der Waals surface area contributed by atoms with Crippen LogP contribution in [0.1, 0.15) is 44.2 Å². The maximum absolute atomic E-state index is 5.88. The molecular weight excluding hydrogens is 266 g/mol. The largest absolute Gasteiger partial charge is 0.493 e. The van der Waals surface area contributed by atoms with E-state index in [4.69, 9.17) is 14.2 Å². The number of benzene rings is 1. The molecular formula is C17H27NO3. The van der Waals surface area contributed by atoms with Crippen molar-refractivity contribution in [1.82, 2.24) is 5.32 Å². The van der Waals surface area contributed by atoms with E-state index in [0.29, 0.717) is 0 Å². The topological polar surface area (TPSA) is 39.7 Å². The van der Waals surface area contributed by atoms with Crippen LogP contribution in [0.4, 0.5) is 0 Å². The van der Waals surface area contributed by atoms with Crippen molar-refractivity contribution in [1.29, 1.82) is 0 Å². The molecule has 1 saturated carbocycles. The van der Waals surface area contributed by atoms with Crippen molar-refractivity contribution >= 4 is 0 Å². The molecule has 118 valence electrons. The molecule has 0 saturated heterocycles. The molecule has 4 heteroatoms. The molecule has 0 aromatic heterocycles. The highest BCUT2D eigenvalue weighted by Gasteiger charge is 2.45. The van der Waals surface area contributed by atoms with E-state index in [1.54, 1.807) is 14.2 Å². The number of rotatable bonds is 8. The van der Waals surface area contributed by atoms with Gasteiger partial charge in [-0.2, -0.15) is 0 Å². The van der Waals surface area contributed by atoms with Gasteiger partial charge in [0.2, 0.25) is 0 Å². The summed E-state index contributed by atoms with van der Waals surface area (Å²) in [7, 11) is 5.15. The number of hydrogen-bond donors (Lipinski definition) is 1. The van der Waals surface area contributed by atoms with Crippen LogP contribution in [0, 0.1) is 0 Å². The fourth-order valence-electron chi connectivity index (χ4n) is 3.06. The van der Waals surface area contributed by atoms with Gasteiger partial charge in [-0.3, -0.25) is 0 Å². The lowest BCUT2D eigenvalue weighted by atomic mass is 9.72. The second-order valence-electron chi connectivity index (χ2n) is 5.62. The van der Waals surface area contributed by atoms with Crippen molar-refractivity contribution in [2.75, 3.05) is 27.9 Å². The molecule has 0 aliphatic heterocycles. The molecule has 4 nitrogen and oxygen atoms in total. The Labute approximate surface area is 127 Å². The summed E-state index contributed by atoms with van der Waals surface area (Å²) in [4.78, 5) is 0. The van der Waals surface area contributed by atoms with Crippen molar-refractivity contribution in [2.45, 2.75) is 44.2 Å². The van der Waals surface area contributed by atoms with Gasteiger partial charge in [0.25, 0.3) is 0 Å². The van der Waals surface area contributed by atoms with Crippen LogP contribution in [0.2, 0.25) is 0 Å². The minimum absolute atomic E-state index is 0.0885. The second-order valence-corrected chi connectivity index (χ2v) is 5.62. The monoisotopic (exact) mass is 293 g/mol. The minimum Gasteiger partial charge on any atom is -0.493 e. The van der Waals surface area contributed by atoms with Crippen LogP contribution in [0.3, 0.4) is 0 Å². The summed E-state index contributed by atoms with van der Waals surface area (Å²) in [5.41, 5.74) is 1.11. The lowest BCUT2D eigenvalue weighted by Gasteiger charge is -2.47. The van der Waals surface area contributed by atoms with Crippen molar-refractivity contribution in [3.05, 3.63) is 23.8 Å². The Hall–Kier alpha value is -1.26. The summed E-state index contributed by atoms with van der Waals surface area (Å²) in [6, 6.07) is 6.33. The van der Waals surface area contributed by atoms with Crippen LogP contribution >= 0.6 is 0 Å². The Balaban J connectivity index is 2.32. The molecule has 1 atom stereocenters. The molecule has 1 aliphatic rings. The van der Waals surface area contributed by atoms with Gasteiger partial charge in [-0.25, -0.2) is 0 Å². The van der Waals surface area contributed by atoms with Crippen LogP contribution < -0.4 is 14.8 Å². The van der Waals surface area contributed by atoms with Crippen molar-refractivity contribution < 1.29 is 14.2 Å². The van der Waals surface area contributed by atoms with E-state index >= 15 is 0 Å². The Bertz CT molecular complexity index is 452. The first-order valence-corrected chi connectivity index (χ1v) is 7.71. The van der Waals surface area contributed by atoms with E-state index < -0.39 is 0 Å². The fourth-order valence-corrected chi connectivity index (χ4v) is 3.06. The number of methoxy groups -OCH3 is 3. The van der Waals surface area contributed by atoms with Gasteiger partial charge in [0.1, 0.15) is 0 Å². The third kappa shape index (κ3) is 3.16. The van der Waals surface area contributed by atoms with Crippen LogP contribution in [0.25, 0.3) is 0 Å². The number of ether oxygens (including phenoxy) is 3. The van der Waals surface area contributed by atoms with E-state index in [1.807, 2.05) is 13.2 Å². The first-order chi connectivity index (χ1) is 10.2. The maximum atomic E-state index is 5.88. The summed E-state index contributed by atoms with van der Waals surface area (Å²) >= 11 is 0. The number of hydrogen-bond acceptors (Lipinski definition) is 4. The molecule has 0 heterocycles. The molecule has 1 aliphatic carbocycles. The van der Waals surface area contributed by atoms with Gasteiger partial charge in [0.15, 0.2) is 11.5 Å². The van der Waals surface area contributed by atoms with Gasteiger partial charge in [0.05, 0.1) is 25.9 Å². The third-order valence-electron chi connectivity index (χ3n) is 4.47. The van der Waals surface area contributed by atoms with Gasteiger partial charge in [-0.05, 0) is 49.9 Å². The van der Waals surface area contributed by atoms with Crippen LogP contribution in [0.15, 0.2) is 18.2 Å². The molecule has 0 spiro atoms. The van der Waals surface area contributed by atoms with Gasteiger partial charge >= 0.3 is 0 Å². The molecule has 1 fully saturated rings. The fraction of sp³-hybridized carbons (Fsp3) is 0.647. The lowest BCUT2D eigenvalue weighted by molar-refractivity contribution is -0.0997. The zero-order valence-corrected chi connectivity index (χ0v) is 13.6. The van der Waals surface area contributed by atoms with Crippen LogP contribution in [0.5, 0.6) is 11.5 Å². The van der Waals surface area contributed by atoms with E-state index in [1.165, 1.54) is 12.0 Å². The smallest absolute Gasteiger partial charge is 0.161 e. The zero-order chi connectivity index (χ0) is 15.3. The predicted octanol–water partition coefficient (Wildman–Crippen LogP) is 3.31. The Morgan fingerprint density at radius 1 is 1.14 bits per heavy atom. The maximum Gasteiger partial charge on any atom is 0.161 e. The van der Waals surface area contributed by atoms with Crippen molar-refractivity contribution in [2.24, 2.45) is 0 Å². The van der Waals surface area contributed by atoms with E-state index in [-0.39, 0.29) is 11.6 Å². The Kier molecular flexibility index (Phi) is 5.48. The minimum atomic E-state index is -0.0885. The quantitative estimate of drug-likeness (QED) is 0.798. The summed E-state index contributed by atoms with van der Waals surface area (Å²) in [5, 5.41) is 3.65. The molecule has 2 rings (SSSR count).